The Morgan fingerprint density at radius 1 is 1.35 bits per heavy atom. The average Bonchev–Trinajstić information content (AvgIpc) is 3.09. The SMILES string of the molecule is CC(C)(O)CN(Cc1ccccc1)C(=O)N[C@@H]1C[C@H]2CC[C@H]1O2. The van der Waals surface area contributed by atoms with Crippen LogP contribution in [-0.2, 0) is 11.3 Å². The highest BCUT2D eigenvalue weighted by Gasteiger charge is 2.42. The molecule has 0 aromatic heterocycles. The summed E-state index contributed by atoms with van der Waals surface area (Å²) in [6.45, 7) is 4.21. The van der Waals surface area contributed by atoms with Gasteiger partial charge in [-0.05, 0) is 38.7 Å². The number of carbonyl (C=O) groups excluding carboxylic acids is 1. The lowest BCUT2D eigenvalue weighted by Gasteiger charge is -2.31. The van der Waals surface area contributed by atoms with E-state index in [1.807, 2.05) is 30.3 Å². The zero-order chi connectivity index (χ0) is 16.4. The second kappa shape index (κ2) is 6.49. The van der Waals surface area contributed by atoms with Crippen LogP contribution in [0.2, 0.25) is 0 Å². The molecule has 23 heavy (non-hydrogen) atoms. The molecule has 2 heterocycles. The molecule has 5 nitrogen and oxygen atoms in total. The van der Waals surface area contributed by atoms with Crippen molar-refractivity contribution in [2.45, 2.75) is 63.5 Å². The van der Waals surface area contributed by atoms with E-state index in [0.717, 1.165) is 24.8 Å². The summed E-state index contributed by atoms with van der Waals surface area (Å²) in [5, 5.41) is 13.2. The van der Waals surface area contributed by atoms with Crippen LogP contribution in [0.25, 0.3) is 0 Å². The first-order valence-electron chi connectivity index (χ1n) is 8.38. The van der Waals surface area contributed by atoms with Gasteiger partial charge in [-0.25, -0.2) is 4.79 Å². The number of carbonyl (C=O) groups is 1. The normalized spacial score (nSPS) is 26.3. The largest absolute Gasteiger partial charge is 0.389 e. The van der Waals surface area contributed by atoms with Crippen LogP contribution in [0.15, 0.2) is 30.3 Å². The van der Waals surface area contributed by atoms with Crippen molar-refractivity contribution in [1.82, 2.24) is 10.2 Å². The summed E-state index contributed by atoms with van der Waals surface area (Å²) in [5.41, 5.74) is 0.119. The zero-order valence-corrected chi connectivity index (χ0v) is 13.9. The Balaban J connectivity index is 1.65. The standard InChI is InChI=1S/C18H26N2O3/c1-18(2,22)12-20(11-13-6-4-3-5-7-13)17(21)19-15-10-14-8-9-16(15)23-14/h3-7,14-16,22H,8-12H2,1-2H3,(H,19,21)/t14-,15-,16-/m1/s1. The Morgan fingerprint density at radius 2 is 2.09 bits per heavy atom. The van der Waals surface area contributed by atoms with Crippen molar-refractivity contribution < 1.29 is 14.6 Å². The van der Waals surface area contributed by atoms with E-state index in [-0.39, 0.29) is 24.7 Å². The van der Waals surface area contributed by atoms with Gasteiger partial charge in [-0.3, -0.25) is 0 Å². The lowest BCUT2D eigenvalue weighted by atomic mass is 9.96. The number of fused-ring (bicyclic) bond motifs is 2. The number of nitrogens with zero attached hydrogens (tertiary/aromatic N) is 1. The maximum absolute atomic E-state index is 12.7. The van der Waals surface area contributed by atoms with Gasteiger partial charge in [0.05, 0.1) is 30.4 Å². The third-order valence-electron chi connectivity index (χ3n) is 4.50. The number of ether oxygens (including phenoxy) is 1. The van der Waals surface area contributed by atoms with Crippen LogP contribution in [-0.4, -0.2) is 46.4 Å². The van der Waals surface area contributed by atoms with Gasteiger partial charge in [-0.1, -0.05) is 30.3 Å². The summed E-state index contributed by atoms with van der Waals surface area (Å²) in [4.78, 5) is 14.4. The lowest BCUT2D eigenvalue weighted by Crippen LogP contribution is -2.51. The number of hydrogen-bond donors (Lipinski definition) is 2. The van der Waals surface area contributed by atoms with Crippen LogP contribution in [0.3, 0.4) is 0 Å². The molecule has 2 aliphatic heterocycles. The fraction of sp³-hybridized carbons (Fsp3) is 0.611. The fourth-order valence-electron chi connectivity index (χ4n) is 3.51. The Morgan fingerprint density at radius 3 is 2.65 bits per heavy atom. The molecule has 5 heteroatoms. The maximum atomic E-state index is 12.7. The second-order valence-corrected chi connectivity index (χ2v) is 7.32. The van der Waals surface area contributed by atoms with Crippen molar-refractivity contribution in [1.29, 1.82) is 0 Å². The highest BCUT2D eigenvalue weighted by molar-refractivity contribution is 5.74. The molecule has 3 atom stereocenters. The third-order valence-corrected chi connectivity index (χ3v) is 4.50. The van der Waals surface area contributed by atoms with Crippen LogP contribution >= 0.6 is 0 Å². The van der Waals surface area contributed by atoms with E-state index in [9.17, 15) is 9.90 Å². The van der Waals surface area contributed by atoms with Crippen molar-refractivity contribution in [2.75, 3.05) is 6.54 Å². The minimum absolute atomic E-state index is 0.0985. The number of benzene rings is 1. The Hall–Kier alpha value is -1.59. The average molecular weight is 318 g/mol. The monoisotopic (exact) mass is 318 g/mol. The molecule has 2 fully saturated rings. The molecule has 0 saturated carbocycles. The summed E-state index contributed by atoms with van der Waals surface area (Å²) < 4.78 is 5.80. The third kappa shape index (κ3) is 4.24. The predicted molar refractivity (Wildman–Crippen MR) is 88.0 cm³/mol. The Kier molecular flexibility index (Phi) is 4.60. The molecular weight excluding hydrogens is 292 g/mol. The molecule has 1 aromatic carbocycles. The van der Waals surface area contributed by atoms with Crippen LogP contribution in [0.5, 0.6) is 0 Å². The second-order valence-electron chi connectivity index (χ2n) is 7.32. The van der Waals surface area contributed by atoms with E-state index in [1.54, 1.807) is 18.7 Å². The zero-order valence-electron chi connectivity index (χ0n) is 13.9. The molecule has 2 amide bonds. The number of urea groups is 1. The van der Waals surface area contributed by atoms with Crippen molar-refractivity contribution in [3.8, 4) is 0 Å². The first-order valence-corrected chi connectivity index (χ1v) is 8.38. The number of hydrogen-bond acceptors (Lipinski definition) is 3. The highest BCUT2D eigenvalue weighted by atomic mass is 16.5. The van der Waals surface area contributed by atoms with Crippen LogP contribution < -0.4 is 5.32 Å². The summed E-state index contributed by atoms with van der Waals surface area (Å²) in [5.74, 6) is 0. The number of aliphatic hydroxyl groups is 1. The molecule has 2 aliphatic rings. The van der Waals surface area contributed by atoms with Crippen molar-refractivity contribution >= 4 is 6.03 Å². The Bertz CT molecular complexity index is 541. The van der Waals surface area contributed by atoms with E-state index in [4.69, 9.17) is 4.74 Å². The van der Waals surface area contributed by atoms with Crippen LogP contribution in [0, 0.1) is 0 Å². The predicted octanol–water partition coefficient (Wildman–Crippen LogP) is 2.29. The molecule has 126 valence electrons. The van der Waals surface area contributed by atoms with Gasteiger partial charge in [-0.2, -0.15) is 0 Å². The van der Waals surface area contributed by atoms with Crippen molar-refractivity contribution in [3.05, 3.63) is 35.9 Å². The van der Waals surface area contributed by atoms with Gasteiger partial charge < -0.3 is 20.1 Å². The summed E-state index contributed by atoms with van der Waals surface area (Å²) in [7, 11) is 0. The van der Waals surface area contributed by atoms with E-state index in [0.29, 0.717) is 12.6 Å². The fourth-order valence-corrected chi connectivity index (χ4v) is 3.51. The Labute approximate surface area is 137 Å². The number of amides is 2. The molecule has 2 N–H and O–H groups in total. The molecule has 0 spiro atoms. The first-order chi connectivity index (χ1) is 10.9. The van der Waals surface area contributed by atoms with Gasteiger partial charge in [0.15, 0.2) is 0 Å². The number of nitrogens with one attached hydrogen (secondary N) is 1. The van der Waals surface area contributed by atoms with Crippen molar-refractivity contribution in [3.63, 3.8) is 0 Å². The topological polar surface area (TPSA) is 61.8 Å². The molecule has 2 bridgehead atoms. The summed E-state index contributed by atoms with van der Waals surface area (Å²) in [6, 6.07) is 9.82. The molecule has 1 aromatic rings. The van der Waals surface area contributed by atoms with Crippen LogP contribution in [0.4, 0.5) is 4.79 Å². The van der Waals surface area contributed by atoms with Crippen LogP contribution in [0.1, 0.15) is 38.7 Å². The van der Waals surface area contributed by atoms with Gasteiger partial charge >= 0.3 is 6.03 Å². The van der Waals surface area contributed by atoms with Gasteiger partial charge in [0.25, 0.3) is 0 Å². The molecule has 0 aliphatic carbocycles. The van der Waals surface area contributed by atoms with E-state index in [1.165, 1.54) is 0 Å². The lowest BCUT2D eigenvalue weighted by molar-refractivity contribution is 0.0434. The highest BCUT2D eigenvalue weighted by Crippen LogP contribution is 2.34. The first kappa shape index (κ1) is 16.3. The van der Waals surface area contributed by atoms with Gasteiger partial charge in [0, 0.05) is 6.54 Å². The molecular formula is C18H26N2O3. The van der Waals surface area contributed by atoms with E-state index >= 15 is 0 Å². The smallest absolute Gasteiger partial charge is 0.318 e. The van der Waals surface area contributed by atoms with E-state index < -0.39 is 5.60 Å². The van der Waals surface area contributed by atoms with Gasteiger partial charge in [0.2, 0.25) is 0 Å². The molecule has 3 rings (SSSR count). The minimum Gasteiger partial charge on any atom is -0.389 e. The summed E-state index contributed by atoms with van der Waals surface area (Å²) >= 11 is 0. The molecule has 2 saturated heterocycles. The summed E-state index contributed by atoms with van der Waals surface area (Å²) in [6.07, 6.45) is 3.50. The van der Waals surface area contributed by atoms with Gasteiger partial charge in [0.1, 0.15) is 0 Å². The molecule has 0 unspecified atom stereocenters. The minimum atomic E-state index is -0.933. The van der Waals surface area contributed by atoms with E-state index in [2.05, 4.69) is 5.32 Å². The van der Waals surface area contributed by atoms with Crippen molar-refractivity contribution in [2.24, 2.45) is 0 Å². The van der Waals surface area contributed by atoms with Gasteiger partial charge in [-0.15, -0.1) is 0 Å². The molecule has 0 radical (unpaired) electrons. The number of rotatable bonds is 5. The maximum Gasteiger partial charge on any atom is 0.318 e. The quantitative estimate of drug-likeness (QED) is 0.875.